The summed E-state index contributed by atoms with van der Waals surface area (Å²) in [6.07, 6.45) is -2.87. The van der Waals surface area contributed by atoms with Gasteiger partial charge in [-0.1, -0.05) is 42.5 Å². The standard InChI is InChI=1S/C28H29F3N6O/c1-4-37(15-16-38-3)25-18-23(26(36-35-25)21-11-8-12-22(17-21)28(29,30)31)24-13-14-32-27(34-24)33-19(2)20-9-6-5-7-10-20/h5-14,17-19H,4,15-16H2,1-3H3,(H,32,33,34)/t19-/m0/s1. The summed E-state index contributed by atoms with van der Waals surface area (Å²) in [7, 11) is 1.62. The van der Waals surface area contributed by atoms with Gasteiger partial charge in [0.2, 0.25) is 5.95 Å². The van der Waals surface area contributed by atoms with E-state index >= 15 is 0 Å². The lowest BCUT2D eigenvalue weighted by atomic mass is 10.0. The van der Waals surface area contributed by atoms with Crippen molar-refractivity contribution in [2.45, 2.75) is 26.1 Å². The summed E-state index contributed by atoms with van der Waals surface area (Å²) >= 11 is 0. The van der Waals surface area contributed by atoms with Gasteiger partial charge in [-0.15, -0.1) is 10.2 Å². The normalized spacial score (nSPS) is 12.3. The molecule has 2 aromatic heterocycles. The van der Waals surface area contributed by atoms with Crippen LogP contribution in [0.4, 0.5) is 24.9 Å². The van der Waals surface area contributed by atoms with E-state index in [1.54, 1.807) is 31.5 Å². The van der Waals surface area contributed by atoms with Crippen LogP contribution in [0.1, 0.15) is 31.0 Å². The van der Waals surface area contributed by atoms with Crippen molar-refractivity contribution in [3.63, 3.8) is 0 Å². The summed E-state index contributed by atoms with van der Waals surface area (Å²) in [5.41, 5.74) is 1.94. The summed E-state index contributed by atoms with van der Waals surface area (Å²) in [6.45, 7) is 5.69. The molecule has 2 aromatic carbocycles. The number of hydrogen-bond acceptors (Lipinski definition) is 7. The minimum absolute atomic E-state index is 0.0647. The Hall–Kier alpha value is -4.05. The number of nitrogens with zero attached hydrogens (tertiary/aromatic N) is 5. The first kappa shape index (κ1) is 27.0. The average molecular weight is 523 g/mol. The Morgan fingerprint density at radius 2 is 1.79 bits per heavy atom. The Balaban J connectivity index is 1.78. The Labute approximate surface area is 219 Å². The molecule has 38 heavy (non-hydrogen) atoms. The van der Waals surface area contributed by atoms with E-state index in [4.69, 9.17) is 9.72 Å². The summed E-state index contributed by atoms with van der Waals surface area (Å²) in [4.78, 5) is 11.0. The molecular formula is C28H29F3N6O. The van der Waals surface area contributed by atoms with Crippen LogP contribution < -0.4 is 10.2 Å². The highest BCUT2D eigenvalue weighted by molar-refractivity contribution is 5.81. The van der Waals surface area contributed by atoms with E-state index in [-0.39, 0.29) is 6.04 Å². The molecule has 198 valence electrons. The number of benzene rings is 2. The Morgan fingerprint density at radius 1 is 1.00 bits per heavy atom. The SMILES string of the molecule is CCN(CCOC)c1cc(-c2ccnc(N[C@@H](C)c3ccccc3)n2)c(-c2cccc(C(F)(F)F)c2)nn1. The zero-order valence-corrected chi connectivity index (χ0v) is 21.4. The van der Waals surface area contributed by atoms with Gasteiger partial charge in [0.05, 0.1) is 23.9 Å². The van der Waals surface area contributed by atoms with Gasteiger partial charge in [-0.2, -0.15) is 13.2 Å². The molecule has 0 saturated heterocycles. The van der Waals surface area contributed by atoms with Gasteiger partial charge in [0.1, 0.15) is 5.69 Å². The van der Waals surface area contributed by atoms with Crippen LogP contribution in [0.3, 0.4) is 0 Å². The van der Waals surface area contributed by atoms with Gasteiger partial charge in [-0.25, -0.2) is 9.97 Å². The predicted octanol–water partition coefficient (Wildman–Crippen LogP) is 6.27. The Bertz CT molecular complexity index is 1350. The third kappa shape index (κ3) is 6.44. The van der Waals surface area contributed by atoms with Crippen LogP contribution in [0.5, 0.6) is 0 Å². The third-order valence-corrected chi connectivity index (χ3v) is 6.09. The molecule has 10 heteroatoms. The second kappa shape index (κ2) is 12.0. The molecule has 0 unspecified atom stereocenters. The summed E-state index contributed by atoms with van der Waals surface area (Å²) in [5, 5.41) is 12.0. The number of anilines is 2. The molecular weight excluding hydrogens is 493 g/mol. The van der Waals surface area contributed by atoms with Crippen LogP contribution in [0.15, 0.2) is 72.9 Å². The van der Waals surface area contributed by atoms with Gasteiger partial charge in [0.25, 0.3) is 0 Å². The van der Waals surface area contributed by atoms with Crippen molar-refractivity contribution in [2.75, 3.05) is 37.0 Å². The topological polar surface area (TPSA) is 76.1 Å². The first-order chi connectivity index (χ1) is 18.3. The number of likely N-dealkylation sites (N-methyl/N-ethyl adjacent to an activating group) is 1. The second-order valence-corrected chi connectivity index (χ2v) is 8.66. The average Bonchev–Trinajstić information content (AvgIpc) is 2.93. The van der Waals surface area contributed by atoms with Crippen LogP contribution in [-0.2, 0) is 10.9 Å². The number of halogens is 3. The summed E-state index contributed by atoms with van der Waals surface area (Å²) < 4.78 is 45.6. The van der Waals surface area contributed by atoms with E-state index in [9.17, 15) is 13.2 Å². The third-order valence-electron chi connectivity index (χ3n) is 6.09. The van der Waals surface area contributed by atoms with Crippen molar-refractivity contribution in [2.24, 2.45) is 0 Å². The maximum absolute atomic E-state index is 13.5. The fraction of sp³-hybridized carbons (Fsp3) is 0.286. The molecule has 2 heterocycles. The quantitative estimate of drug-likeness (QED) is 0.263. The first-order valence-corrected chi connectivity index (χ1v) is 12.2. The lowest BCUT2D eigenvalue weighted by Crippen LogP contribution is -2.28. The second-order valence-electron chi connectivity index (χ2n) is 8.66. The fourth-order valence-electron chi connectivity index (χ4n) is 4.02. The fourth-order valence-corrected chi connectivity index (χ4v) is 4.02. The number of nitrogens with one attached hydrogen (secondary N) is 1. The molecule has 0 amide bonds. The van der Waals surface area contributed by atoms with Crippen LogP contribution >= 0.6 is 0 Å². The van der Waals surface area contributed by atoms with Crippen molar-refractivity contribution in [1.29, 1.82) is 0 Å². The van der Waals surface area contributed by atoms with Crippen molar-refractivity contribution in [3.05, 3.63) is 84.1 Å². The molecule has 1 N–H and O–H groups in total. The molecule has 0 spiro atoms. The van der Waals surface area contributed by atoms with Crippen LogP contribution in [-0.4, -0.2) is 47.0 Å². The zero-order valence-electron chi connectivity index (χ0n) is 21.4. The maximum atomic E-state index is 13.5. The highest BCUT2D eigenvalue weighted by atomic mass is 19.4. The van der Waals surface area contributed by atoms with E-state index in [2.05, 4.69) is 20.5 Å². The van der Waals surface area contributed by atoms with Crippen molar-refractivity contribution < 1.29 is 17.9 Å². The van der Waals surface area contributed by atoms with E-state index in [1.165, 1.54) is 6.07 Å². The summed E-state index contributed by atoms with van der Waals surface area (Å²) in [5.74, 6) is 0.958. The van der Waals surface area contributed by atoms with Gasteiger partial charge in [0.15, 0.2) is 5.82 Å². The maximum Gasteiger partial charge on any atom is 0.416 e. The largest absolute Gasteiger partial charge is 0.416 e. The van der Waals surface area contributed by atoms with Crippen LogP contribution in [0, 0.1) is 0 Å². The number of aromatic nitrogens is 4. The molecule has 0 aliphatic heterocycles. The molecule has 0 saturated carbocycles. The Kier molecular flexibility index (Phi) is 8.52. The van der Waals surface area contributed by atoms with Gasteiger partial charge >= 0.3 is 6.18 Å². The minimum atomic E-state index is -4.48. The van der Waals surface area contributed by atoms with Gasteiger partial charge in [-0.05, 0) is 43.7 Å². The lowest BCUT2D eigenvalue weighted by Gasteiger charge is -2.22. The molecule has 4 rings (SSSR count). The highest BCUT2D eigenvalue weighted by Crippen LogP contribution is 2.36. The molecule has 0 aliphatic rings. The predicted molar refractivity (Wildman–Crippen MR) is 142 cm³/mol. The van der Waals surface area contributed by atoms with Crippen LogP contribution in [0.25, 0.3) is 22.5 Å². The number of alkyl halides is 3. The molecule has 1 atom stereocenters. The number of ether oxygens (including phenoxy) is 1. The van der Waals surface area contributed by atoms with E-state index in [0.717, 1.165) is 17.7 Å². The lowest BCUT2D eigenvalue weighted by molar-refractivity contribution is -0.137. The molecule has 0 fully saturated rings. The van der Waals surface area contributed by atoms with Crippen LogP contribution in [0.2, 0.25) is 0 Å². The number of rotatable bonds is 10. The van der Waals surface area contributed by atoms with Crippen molar-refractivity contribution in [1.82, 2.24) is 20.2 Å². The highest BCUT2D eigenvalue weighted by Gasteiger charge is 2.31. The monoisotopic (exact) mass is 522 g/mol. The van der Waals surface area contributed by atoms with Gasteiger partial charge in [-0.3, -0.25) is 0 Å². The van der Waals surface area contributed by atoms with E-state index < -0.39 is 11.7 Å². The summed E-state index contributed by atoms with van der Waals surface area (Å²) in [6, 6.07) is 18.4. The first-order valence-electron chi connectivity index (χ1n) is 12.2. The minimum Gasteiger partial charge on any atom is -0.383 e. The van der Waals surface area contributed by atoms with Gasteiger partial charge in [0, 0.05) is 37.5 Å². The Morgan fingerprint density at radius 3 is 2.50 bits per heavy atom. The van der Waals surface area contributed by atoms with Gasteiger partial charge < -0.3 is 15.0 Å². The molecule has 0 aliphatic carbocycles. The zero-order chi connectivity index (χ0) is 27.1. The molecule has 7 nitrogen and oxygen atoms in total. The van der Waals surface area contributed by atoms with E-state index in [1.807, 2.05) is 49.1 Å². The molecule has 0 bridgehead atoms. The van der Waals surface area contributed by atoms with Crippen molar-refractivity contribution >= 4 is 11.8 Å². The molecule has 4 aromatic rings. The van der Waals surface area contributed by atoms with Crippen molar-refractivity contribution in [3.8, 4) is 22.5 Å². The number of methoxy groups -OCH3 is 1. The van der Waals surface area contributed by atoms with E-state index in [0.29, 0.717) is 54.0 Å². The molecule has 0 radical (unpaired) electrons. The number of hydrogen-bond donors (Lipinski definition) is 1. The smallest absolute Gasteiger partial charge is 0.383 e.